The van der Waals surface area contributed by atoms with Gasteiger partial charge in [-0.25, -0.2) is 4.98 Å². The summed E-state index contributed by atoms with van der Waals surface area (Å²) in [5, 5.41) is 0. The molecule has 0 aromatic carbocycles. The van der Waals surface area contributed by atoms with Crippen molar-refractivity contribution < 1.29 is 9.31 Å². The Hall–Kier alpha value is -1.79. The summed E-state index contributed by atoms with van der Waals surface area (Å²) in [4.78, 5) is 7.59. The number of aromatic nitrogens is 2. The van der Waals surface area contributed by atoms with Crippen LogP contribution in [0.4, 0.5) is 5.69 Å². The zero-order chi connectivity index (χ0) is 15.3. The van der Waals surface area contributed by atoms with Gasteiger partial charge in [0.2, 0.25) is 0 Å². The number of H-pyrrole nitrogens is 1. The summed E-state index contributed by atoms with van der Waals surface area (Å²) in [7, 11) is -0.365. The van der Waals surface area contributed by atoms with Gasteiger partial charge in [0.05, 0.1) is 28.1 Å². The first-order valence-corrected chi connectivity index (χ1v) is 7.06. The number of nitrogens with one attached hydrogen (secondary N) is 1. The van der Waals surface area contributed by atoms with E-state index in [-0.39, 0.29) is 18.3 Å². The van der Waals surface area contributed by atoms with Crippen LogP contribution in [0.15, 0.2) is 24.3 Å². The topological polar surface area (TPSA) is 73.2 Å². The van der Waals surface area contributed by atoms with Gasteiger partial charge in [-0.1, -0.05) is 5.98 Å². The molecular formula is C15H20BN3O2. The van der Waals surface area contributed by atoms with Gasteiger partial charge in [0, 0.05) is 6.20 Å². The second kappa shape index (κ2) is 4.61. The van der Waals surface area contributed by atoms with Crippen molar-refractivity contribution in [2.45, 2.75) is 38.9 Å². The monoisotopic (exact) mass is 285 g/mol. The molecule has 0 amide bonds. The van der Waals surface area contributed by atoms with E-state index in [9.17, 15) is 0 Å². The predicted molar refractivity (Wildman–Crippen MR) is 85.6 cm³/mol. The molecule has 1 aliphatic rings. The van der Waals surface area contributed by atoms with Crippen LogP contribution in [0.1, 0.15) is 33.4 Å². The van der Waals surface area contributed by atoms with Crippen LogP contribution in [0.2, 0.25) is 0 Å². The molecule has 5 nitrogen and oxygen atoms in total. The molecule has 3 rings (SSSR count). The highest BCUT2D eigenvalue weighted by Crippen LogP contribution is 2.37. The van der Waals surface area contributed by atoms with Crippen molar-refractivity contribution in [1.82, 2.24) is 9.97 Å². The third-order valence-electron chi connectivity index (χ3n) is 4.27. The van der Waals surface area contributed by atoms with E-state index in [0.29, 0.717) is 5.69 Å². The highest BCUT2D eigenvalue weighted by molar-refractivity contribution is 6.52. The Bertz CT molecular complexity index is 690. The number of rotatable bonds is 2. The number of anilines is 1. The van der Waals surface area contributed by atoms with Gasteiger partial charge in [-0.3, -0.25) is 0 Å². The number of aromatic amines is 1. The lowest BCUT2D eigenvalue weighted by molar-refractivity contribution is 0.00578. The summed E-state index contributed by atoms with van der Waals surface area (Å²) in [6.07, 6.45) is 3.65. The number of nitrogens with zero attached hydrogens (tertiary/aromatic N) is 1. The lowest BCUT2D eigenvalue weighted by Crippen LogP contribution is -2.41. The molecular weight excluding hydrogens is 265 g/mol. The van der Waals surface area contributed by atoms with Crippen molar-refractivity contribution in [3.8, 4) is 0 Å². The Kier molecular flexibility index (Phi) is 3.11. The third-order valence-corrected chi connectivity index (χ3v) is 4.27. The highest BCUT2D eigenvalue weighted by Gasteiger charge is 2.49. The molecule has 3 heterocycles. The minimum atomic E-state index is -0.365. The normalized spacial score (nSPS) is 20.7. The van der Waals surface area contributed by atoms with Gasteiger partial charge in [-0.15, -0.1) is 0 Å². The number of fused-ring (bicyclic) bond motifs is 1. The molecule has 6 heteroatoms. The van der Waals surface area contributed by atoms with Gasteiger partial charge in [0.25, 0.3) is 0 Å². The van der Waals surface area contributed by atoms with Gasteiger partial charge in [-0.05, 0) is 45.9 Å². The molecule has 0 spiro atoms. The number of nitrogen functional groups attached to an aromatic ring is 1. The lowest BCUT2D eigenvalue weighted by Gasteiger charge is -2.32. The summed E-state index contributed by atoms with van der Waals surface area (Å²) < 4.78 is 11.8. The Morgan fingerprint density at radius 1 is 1.19 bits per heavy atom. The molecule has 0 radical (unpaired) electrons. The van der Waals surface area contributed by atoms with E-state index < -0.39 is 0 Å². The zero-order valence-electron chi connectivity index (χ0n) is 12.8. The van der Waals surface area contributed by atoms with Gasteiger partial charge in [-0.2, -0.15) is 0 Å². The lowest BCUT2D eigenvalue weighted by atomic mass is 9.89. The maximum atomic E-state index is 5.91. The molecule has 1 aliphatic heterocycles. The fraction of sp³-hybridized carbons (Fsp3) is 0.400. The van der Waals surface area contributed by atoms with Crippen LogP contribution in [0.3, 0.4) is 0 Å². The van der Waals surface area contributed by atoms with E-state index in [1.807, 2.05) is 51.9 Å². The Morgan fingerprint density at radius 3 is 2.52 bits per heavy atom. The maximum absolute atomic E-state index is 5.91. The molecule has 0 atom stereocenters. The molecule has 21 heavy (non-hydrogen) atoms. The van der Waals surface area contributed by atoms with Crippen molar-refractivity contribution in [3.63, 3.8) is 0 Å². The summed E-state index contributed by atoms with van der Waals surface area (Å²) in [6.45, 7) is 8.13. The Labute approximate surface area is 124 Å². The van der Waals surface area contributed by atoms with Crippen molar-refractivity contribution in [2.24, 2.45) is 0 Å². The fourth-order valence-corrected chi connectivity index (χ4v) is 2.27. The molecule has 3 N–H and O–H groups in total. The third kappa shape index (κ3) is 2.45. The molecule has 1 fully saturated rings. The van der Waals surface area contributed by atoms with Crippen LogP contribution in [0, 0.1) is 0 Å². The minimum Gasteiger partial charge on any atom is -0.400 e. The Morgan fingerprint density at radius 2 is 1.86 bits per heavy atom. The minimum absolute atomic E-state index is 0.329. The van der Waals surface area contributed by atoms with Crippen LogP contribution in [0.5, 0.6) is 0 Å². The van der Waals surface area contributed by atoms with Crippen LogP contribution in [-0.4, -0.2) is 28.3 Å². The number of pyridine rings is 1. The summed E-state index contributed by atoms with van der Waals surface area (Å²) in [5.74, 6) is 1.88. The average molecular weight is 285 g/mol. The van der Waals surface area contributed by atoms with Crippen molar-refractivity contribution in [1.29, 1.82) is 0 Å². The van der Waals surface area contributed by atoms with Gasteiger partial charge in [0.15, 0.2) is 0 Å². The van der Waals surface area contributed by atoms with Crippen LogP contribution >= 0.6 is 0 Å². The zero-order valence-corrected chi connectivity index (χ0v) is 12.8. The standard InChI is InChI=1S/C15H20BN3O2/c1-14(2)15(3,4)21-16(20-14)8-7-10-5-6-12-13(19-10)11(17)9-18-12/h5-9,18H,17H2,1-4H3/b8-7+. The predicted octanol–water partition coefficient (Wildman–Crippen LogP) is 2.79. The summed E-state index contributed by atoms with van der Waals surface area (Å²) >= 11 is 0. The van der Waals surface area contributed by atoms with E-state index >= 15 is 0 Å². The average Bonchev–Trinajstić information content (AvgIpc) is 2.85. The smallest absolute Gasteiger partial charge is 0.400 e. The SMILES string of the molecule is CC1(C)OB(/C=C/c2ccc3[nH]cc(N)c3n2)OC1(C)C. The van der Waals surface area contributed by atoms with Gasteiger partial charge < -0.3 is 20.0 Å². The number of hydrogen-bond donors (Lipinski definition) is 2. The molecule has 0 aliphatic carbocycles. The van der Waals surface area contributed by atoms with Crippen LogP contribution in [-0.2, 0) is 9.31 Å². The second-order valence-corrected chi connectivity index (χ2v) is 6.36. The molecule has 2 aromatic rings. The second-order valence-electron chi connectivity index (χ2n) is 6.36. The number of hydrogen-bond acceptors (Lipinski definition) is 4. The summed E-state index contributed by atoms with van der Waals surface area (Å²) in [5.41, 5.74) is 8.40. The van der Waals surface area contributed by atoms with Crippen molar-refractivity contribution in [3.05, 3.63) is 30.0 Å². The van der Waals surface area contributed by atoms with Crippen molar-refractivity contribution >= 4 is 29.9 Å². The molecule has 0 saturated carbocycles. The fourth-order valence-electron chi connectivity index (χ4n) is 2.27. The molecule has 1 saturated heterocycles. The molecule has 0 unspecified atom stereocenters. The largest absolute Gasteiger partial charge is 0.487 e. The van der Waals surface area contributed by atoms with Crippen LogP contribution in [0.25, 0.3) is 17.1 Å². The van der Waals surface area contributed by atoms with Crippen LogP contribution < -0.4 is 5.73 Å². The van der Waals surface area contributed by atoms with E-state index in [4.69, 9.17) is 15.0 Å². The van der Waals surface area contributed by atoms with Crippen molar-refractivity contribution in [2.75, 3.05) is 5.73 Å². The molecule has 0 bridgehead atoms. The van der Waals surface area contributed by atoms with E-state index in [2.05, 4.69) is 9.97 Å². The van der Waals surface area contributed by atoms with E-state index in [1.165, 1.54) is 0 Å². The van der Waals surface area contributed by atoms with Gasteiger partial charge >= 0.3 is 7.12 Å². The molecule has 110 valence electrons. The van der Waals surface area contributed by atoms with E-state index in [0.717, 1.165) is 16.7 Å². The Balaban J connectivity index is 1.81. The first-order valence-electron chi connectivity index (χ1n) is 7.06. The van der Waals surface area contributed by atoms with Gasteiger partial charge in [0.1, 0.15) is 5.52 Å². The summed E-state index contributed by atoms with van der Waals surface area (Å²) in [6, 6.07) is 3.89. The first-order chi connectivity index (χ1) is 9.78. The van der Waals surface area contributed by atoms with E-state index in [1.54, 1.807) is 6.20 Å². The quantitative estimate of drug-likeness (QED) is 0.832. The molecule has 2 aromatic heterocycles. The number of nitrogens with two attached hydrogens (primary N) is 1. The maximum Gasteiger partial charge on any atom is 0.487 e. The first kappa shape index (κ1) is 14.2. The highest BCUT2D eigenvalue weighted by atomic mass is 16.7.